The Morgan fingerprint density at radius 1 is 1.18 bits per heavy atom. The highest BCUT2D eigenvalue weighted by Gasteiger charge is 2.19. The Labute approximate surface area is 171 Å². The number of aromatic nitrogens is 4. The van der Waals surface area contributed by atoms with Gasteiger partial charge < -0.3 is 5.32 Å². The van der Waals surface area contributed by atoms with E-state index in [1.54, 1.807) is 18.2 Å². The fourth-order valence-electron chi connectivity index (χ4n) is 2.55. The molecule has 3 rings (SSSR count). The molecule has 0 bridgehead atoms. The maximum atomic E-state index is 12.4. The van der Waals surface area contributed by atoms with Gasteiger partial charge in [0.15, 0.2) is 5.78 Å². The van der Waals surface area contributed by atoms with Crippen molar-refractivity contribution in [1.29, 1.82) is 0 Å². The molecule has 0 radical (unpaired) electrons. The lowest BCUT2D eigenvalue weighted by molar-refractivity contribution is -0.125. The lowest BCUT2D eigenvalue weighted by Crippen LogP contribution is -2.42. The van der Waals surface area contributed by atoms with Crippen LogP contribution in [0.15, 0.2) is 59.8 Å². The van der Waals surface area contributed by atoms with Crippen molar-refractivity contribution < 1.29 is 9.59 Å². The standard InChI is InChI=1S/C19H18ClN5O2S/c1-13(26)17(10-14-6-3-2-4-7-14)21-18(27)12-28-19-22-23-24-25(19)16-9-5-8-15(20)11-16/h2-9,11,17H,10,12H2,1H3,(H,21,27)/t17-/m1/s1. The second-order valence-electron chi connectivity index (χ2n) is 6.06. The number of ketones is 1. The van der Waals surface area contributed by atoms with Gasteiger partial charge in [-0.05, 0) is 47.5 Å². The zero-order valence-electron chi connectivity index (χ0n) is 15.1. The Hall–Kier alpha value is -2.71. The van der Waals surface area contributed by atoms with Crippen molar-refractivity contribution in [3.05, 3.63) is 65.2 Å². The molecular formula is C19H18ClN5O2S. The average molecular weight is 416 g/mol. The molecule has 0 saturated heterocycles. The first-order valence-corrected chi connectivity index (χ1v) is 9.90. The normalized spacial score (nSPS) is 11.8. The smallest absolute Gasteiger partial charge is 0.231 e. The third kappa shape index (κ3) is 5.40. The minimum Gasteiger partial charge on any atom is -0.345 e. The zero-order chi connectivity index (χ0) is 19.9. The van der Waals surface area contributed by atoms with Crippen molar-refractivity contribution in [2.75, 3.05) is 5.75 Å². The molecule has 0 aliphatic rings. The van der Waals surface area contributed by atoms with Crippen LogP contribution < -0.4 is 5.32 Å². The first-order chi connectivity index (χ1) is 13.5. The topological polar surface area (TPSA) is 89.8 Å². The van der Waals surface area contributed by atoms with Gasteiger partial charge in [-0.25, -0.2) is 0 Å². The van der Waals surface area contributed by atoms with Crippen molar-refractivity contribution in [2.24, 2.45) is 0 Å². The number of amides is 1. The second-order valence-corrected chi connectivity index (χ2v) is 7.44. The van der Waals surface area contributed by atoms with Gasteiger partial charge in [-0.1, -0.05) is 59.8 Å². The number of halogens is 1. The summed E-state index contributed by atoms with van der Waals surface area (Å²) in [6, 6.07) is 16.1. The summed E-state index contributed by atoms with van der Waals surface area (Å²) in [6.45, 7) is 1.47. The van der Waals surface area contributed by atoms with Crippen molar-refractivity contribution in [1.82, 2.24) is 25.5 Å². The Balaban J connectivity index is 1.61. The highest BCUT2D eigenvalue weighted by Crippen LogP contribution is 2.20. The number of carbonyl (C=O) groups is 2. The first-order valence-electron chi connectivity index (χ1n) is 8.54. The van der Waals surface area contributed by atoms with E-state index >= 15 is 0 Å². The van der Waals surface area contributed by atoms with E-state index < -0.39 is 6.04 Å². The van der Waals surface area contributed by atoms with Gasteiger partial charge in [0.05, 0.1) is 17.5 Å². The summed E-state index contributed by atoms with van der Waals surface area (Å²) in [4.78, 5) is 24.3. The van der Waals surface area contributed by atoms with Gasteiger partial charge in [0.2, 0.25) is 11.1 Å². The van der Waals surface area contributed by atoms with Crippen molar-refractivity contribution in [3.63, 3.8) is 0 Å². The molecule has 0 aliphatic carbocycles. The van der Waals surface area contributed by atoms with Crippen LogP contribution in [0.2, 0.25) is 5.02 Å². The molecule has 2 aromatic carbocycles. The molecule has 1 N–H and O–H groups in total. The lowest BCUT2D eigenvalue weighted by Gasteiger charge is -2.16. The molecule has 1 atom stereocenters. The van der Waals surface area contributed by atoms with Crippen LogP contribution in [0.4, 0.5) is 0 Å². The van der Waals surface area contributed by atoms with Crippen LogP contribution in [0.25, 0.3) is 5.69 Å². The Kier molecular flexibility index (Phi) is 6.78. The van der Waals surface area contributed by atoms with Crippen molar-refractivity contribution in [3.8, 4) is 5.69 Å². The molecule has 7 nitrogen and oxygen atoms in total. The summed E-state index contributed by atoms with van der Waals surface area (Å²) in [6.07, 6.45) is 0.451. The number of hydrogen-bond acceptors (Lipinski definition) is 6. The Morgan fingerprint density at radius 3 is 2.68 bits per heavy atom. The monoisotopic (exact) mass is 415 g/mol. The first kappa shape index (κ1) is 20.0. The molecule has 144 valence electrons. The van der Waals surface area contributed by atoms with Crippen LogP contribution in [0.1, 0.15) is 12.5 Å². The number of rotatable bonds is 8. The molecule has 1 amide bonds. The summed E-state index contributed by atoms with van der Waals surface area (Å²) in [7, 11) is 0. The van der Waals surface area contributed by atoms with E-state index in [-0.39, 0.29) is 17.4 Å². The highest BCUT2D eigenvalue weighted by molar-refractivity contribution is 7.99. The van der Waals surface area contributed by atoms with Crippen molar-refractivity contribution >= 4 is 35.1 Å². The van der Waals surface area contributed by atoms with E-state index in [0.29, 0.717) is 22.3 Å². The summed E-state index contributed by atoms with van der Waals surface area (Å²) >= 11 is 7.19. The minimum atomic E-state index is -0.570. The van der Waals surface area contributed by atoms with Gasteiger partial charge in [-0.3, -0.25) is 9.59 Å². The summed E-state index contributed by atoms with van der Waals surface area (Å²) in [5.41, 5.74) is 1.69. The van der Waals surface area contributed by atoms with Gasteiger partial charge in [0.1, 0.15) is 0 Å². The molecular weight excluding hydrogens is 398 g/mol. The van der Waals surface area contributed by atoms with E-state index in [4.69, 9.17) is 11.6 Å². The summed E-state index contributed by atoms with van der Waals surface area (Å²) in [5, 5.41) is 15.4. The van der Waals surface area contributed by atoms with E-state index in [1.165, 1.54) is 23.4 Å². The molecule has 1 aromatic heterocycles. The van der Waals surface area contributed by atoms with Crippen molar-refractivity contribution in [2.45, 2.75) is 24.5 Å². The largest absolute Gasteiger partial charge is 0.345 e. The number of carbonyl (C=O) groups excluding carboxylic acids is 2. The molecule has 0 saturated carbocycles. The number of Topliss-reactive ketones (excluding diaryl/α,β-unsaturated/α-hetero) is 1. The fraction of sp³-hybridized carbons (Fsp3) is 0.211. The van der Waals surface area contributed by atoms with Crippen LogP contribution in [0.5, 0.6) is 0 Å². The Morgan fingerprint density at radius 2 is 1.96 bits per heavy atom. The number of nitrogens with one attached hydrogen (secondary N) is 1. The van der Waals surface area contributed by atoms with Gasteiger partial charge in [-0.15, -0.1) is 5.10 Å². The predicted octanol–water partition coefficient (Wildman–Crippen LogP) is 2.72. The highest BCUT2D eigenvalue weighted by atomic mass is 35.5. The van der Waals surface area contributed by atoms with Gasteiger partial charge in [0.25, 0.3) is 0 Å². The van der Waals surface area contributed by atoms with Crippen LogP contribution in [0, 0.1) is 0 Å². The quantitative estimate of drug-likeness (QED) is 0.569. The molecule has 3 aromatic rings. The van der Waals surface area contributed by atoms with E-state index in [0.717, 1.165) is 5.56 Å². The zero-order valence-corrected chi connectivity index (χ0v) is 16.7. The maximum Gasteiger partial charge on any atom is 0.231 e. The number of nitrogens with zero attached hydrogens (tertiary/aromatic N) is 4. The fourth-order valence-corrected chi connectivity index (χ4v) is 3.44. The number of benzene rings is 2. The van der Waals surface area contributed by atoms with E-state index in [2.05, 4.69) is 20.8 Å². The minimum absolute atomic E-state index is 0.0828. The lowest BCUT2D eigenvalue weighted by atomic mass is 10.0. The Bertz CT molecular complexity index is 964. The molecule has 28 heavy (non-hydrogen) atoms. The van der Waals surface area contributed by atoms with Gasteiger partial charge in [0, 0.05) is 5.02 Å². The van der Waals surface area contributed by atoms with Crippen LogP contribution in [-0.2, 0) is 16.0 Å². The number of thioether (sulfide) groups is 1. The molecule has 0 aliphatic heterocycles. The van der Waals surface area contributed by atoms with Gasteiger partial charge >= 0.3 is 0 Å². The average Bonchev–Trinajstić information content (AvgIpc) is 3.15. The maximum absolute atomic E-state index is 12.4. The summed E-state index contributed by atoms with van der Waals surface area (Å²) in [5.74, 6) is -0.271. The number of hydrogen-bond donors (Lipinski definition) is 1. The van der Waals surface area contributed by atoms with Crippen LogP contribution in [-0.4, -0.2) is 43.7 Å². The molecule has 0 unspecified atom stereocenters. The third-order valence-corrected chi connectivity index (χ3v) is 5.09. The molecule has 1 heterocycles. The third-order valence-electron chi connectivity index (χ3n) is 3.93. The molecule has 0 fully saturated rings. The number of tetrazole rings is 1. The summed E-state index contributed by atoms with van der Waals surface area (Å²) < 4.78 is 1.51. The van der Waals surface area contributed by atoms with Gasteiger partial charge in [-0.2, -0.15) is 4.68 Å². The second kappa shape index (κ2) is 9.48. The predicted molar refractivity (Wildman–Crippen MR) is 108 cm³/mol. The van der Waals surface area contributed by atoms with Crippen LogP contribution in [0.3, 0.4) is 0 Å². The van der Waals surface area contributed by atoms with Crippen LogP contribution >= 0.6 is 23.4 Å². The van der Waals surface area contributed by atoms with E-state index in [9.17, 15) is 9.59 Å². The van der Waals surface area contributed by atoms with E-state index in [1.807, 2.05) is 36.4 Å². The molecule has 0 spiro atoms. The SMILES string of the molecule is CC(=O)[C@@H](Cc1ccccc1)NC(=O)CSc1nnnn1-c1cccc(Cl)c1. The molecule has 9 heteroatoms.